The molecule has 0 spiro atoms. The minimum atomic E-state index is -5.76. The van der Waals surface area contributed by atoms with Gasteiger partial charge in [-0.15, -0.1) is 0 Å². The molecule has 1 atom stereocenters. The maximum atomic E-state index is 13.9. The molecule has 1 amide bonds. The minimum absolute atomic E-state index is 0.169. The fourth-order valence-corrected chi connectivity index (χ4v) is 4.09. The summed E-state index contributed by atoms with van der Waals surface area (Å²) < 4.78 is 64.4. The summed E-state index contributed by atoms with van der Waals surface area (Å²) in [6.45, 7) is 1.39. The molecule has 4 N–H and O–H groups in total. The lowest BCUT2D eigenvalue weighted by molar-refractivity contribution is -0.121. The number of halogens is 3. The van der Waals surface area contributed by atoms with Crippen molar-refractivity contribution in [2.75, 3.05) is 12.8 Å². The molecule has 1 unspecified atom stereocenters. The number of benzene rings is 1. The van der Waals surface area contributed by atoms with E-state index in [4.69, 9.17) is 9.79 Å². The molecule has 8 nitrogen and oxygen atoms in total. The Labute approximate surface area is 157 Å². The molecule has 26 heavy (non-hydrogen) atoms. The Balaban J connectivity index is 3.35. The number of carbonyl (C=O) groups excluding carboxylic acids is 1. The van der Waals surface area contributed by atoms with Crippen LogP contribution < -0.4 is 10.0 Å². The largest absolute Gasteiger partial charge is 0.399 e. The van der Waals surface area contributed by atoms with Crippen LogP contribution in [0.1, 0.15) is 30.5 Å². The summed E-state index contributed by atoms with van der Waals surface area (Å²) >= 11 is 2.82. The highest BCUT2D eigenvalue weighted by molar-refractivity contribution is 9.10. The summed E-state index contributed by atoms with van der Waals surface area (Å²) in [5, 5.41) is 2.33. The van der Waals surface area contributed by atoms with Gasteiger partial charge in [0.15, 0.2) is 0 Å². The average Bonchev–Trinajstić information content (AvgIpc) is 2.52. The van der Waals surface area contributed by atoms with Crippen molar-refractivity contribution in [3.05, 3.63) is 33.8 Å². The van der Waals surface area contributed by atoms with Crippen molar-refractivity contribution in [2.24, 2.45) is 0 Å². The summed E-state index contributed by atoms with van der Waals surface area (Å²) in [5.74, 6) is -0.748. The zero-order chi connectivity index (χ0) is 20.3. The van der Waals surface area contributed by atoms with Gasteiger partial charge in [0.25, 0.3) is 0 Å². The Morgan fingerprint density at radius 1 is 1.38 bits per heavy atom. The highest BCUT2D eigenvalue weighted by atomic mass is 79.9. The standard InChI is InChI=1S/C13H18BrF2N2O6PS/c1-3-26(23,24)18-11(7-12(19)17-2)8-4-5-9(10(14)6-8)13(15,16)25(20,21)22/h4-6,11,18H,3,7H2,1-2H3,(H,17,19)(H2,20,21,22). The van der Waals surface area contributed by atoms with Gasteiger partial charge in [-0.3, -0.25) is 9.36 Å². The molecule has 1 aromatic carbocycles. The lowest BCUT2D eigenvalue weighted by atomic mass is 10.0. The van der Waals surface area contributed by atoms with Crippen LogP contribution in [0.15, 0.2) is 22.7 Å². The Bertz CT molecular complexity index is 830. The van der Waals surface area contributed by atoms with Gasteiger partial charge in [0.05, 0.1) is 11.8 Å². The maximum absolute atomic E-state index is 13.9. The molecule has 0 heterocycles. The molecule has 0 saturated carbocycles. The van der Waals surface area contributed by atoms with Crippen molar-refractivity contribution in [3.8, 4) is 0 Å². The highest BCUT2D eigenvalue weighted by Crippen LogP contribution is 2.60. The van der Waals surface area contributed by atoms with Crippen LogP contribution in [0.5, 0.6) is 0 Å². The first-order valence-corrected chi connectivity index (χ1v) is 11.2. The summed E-state index contributed by atoms with van der Waals surface area (Å²) in [4.78, 5) is 29.3. The lowest BCUT2D eigenvalue weighted by Gasteiger charge is -2.22. The van der Waals surface area contributed by atoms with Gasteiger partial charge in [0, 0.05) is 23.5 Å². The van der Waals surface area contributed by atoms with Gasteiger partial charge in [-0.2, -0.15) is 8.78 Å². The number of nitrogens with one attached hydrogen (secondary N) is 2. The van der Waals surface area contributed by atoms with Gasteiger partial charge < -0.3 is 15.1 Å². The van der Waals surface area contributed by atoms with Crippen molar-refractivity contribution in [2.45, 2.75) is 25.1 Å². The summed E-state index contributed by atoms with van der Waals surface area (Å²) in [7, 11) is -8.12. The topological polar surface area (TPSA) is 133 Å². The van der Waals surface area contributed by atoms with Gasteiger partial charge in [-0.25, -0.2) is 13.1 Å². The predicted octanol–water partition coefficient (Wildman–Crippen LogP) is 1.79. The minimum Gasteiger partial charge on any atom is -0.359 e. The fourth-order valence-electron chi connectivity index (χ4n) is 1.96. The van der Waals surface area contributed by atoms with Crippen molar-refractivity contribution < 1.29 is 36.3 Å². The monoisotopic (exact) mass is 478 g/mol. The third-order valence-electron chi connectivity index (χ3n) is 3.46. The number of amides is 1. The van der Waals surface area contributed by atoms with E-state index in [-0.39, 0.29) is 22.2 Å². The molecule has 0 aromatic heterocycles. The quantitative estimate of drug-likeness (QED) is 0.421. The van der Waals surface area contributed by atoms with Crippen LogP contribution in [0.25, 0.3) is 0 Å². The molecule has 0 aliphatic rings. The van der Waals surface area contributed by atoms with Gasteiger partial charge in [0.1, 0.15) is 0 Å². The summed E-state index contributed by atoms with van der Waals surface area (Å²) in [6.07, 6.45) is -0.295. The van der Waals surface area contributed by atoms with E-state index >= 15 is 0 Å². The summed E-state index contributed by atoms with van der Waals surface area (Å²) in [5.41, 5.74) is -5.21. The molecule has 0 saturated heterocycles. The Hall–Kier alpha value is -0.910. The second-order valence-electron chi connectivity index (χ2n) is 5.28. The van der Waals surface area contributed by atoms with Gasteiger partial charge >= 0.3 is 13.3 Å². The third kappa shape index (κ3) is 5.54. The smallest absolute Gasteiger partial charge is 0.359 e. The van der Waals surface area contributed by atoms with Crippen LogP contribution in [0, 0.1) is 0 Å². The first kappa shape index (κ1) is 23.1. The van der Waals surface area contributed by atoms with Crippen LogP contribution in [0.4, 0.5) is 8.78 Å². The number of rotatable bonds is 8. The van der Waals surface area contributed by atoms with E-state index in [2.05, 4.69) is 26.0 Å². The van der Waals surface area contributed by atoms with E-state index in [9.17, 15) is 26.6 Å². The van der Waals surface area contributed by atoms with Crippen LogP contribution in [-0.4, -0.2) is 36.9 Å². The Morgan fingerprint density at radius 3 is 2.38 bits per heavy atom. The molecule has 0 radical (unpaired) electrons. The Kier molecular flexibility index (Phi) is 7.48. The summed E-state index contributed by atoms with van der Waals surface area (Å²) in [6, 6.07) is 1.89. The zero-order valence-electron chi connectivity index (χ0n) is 13.7. The number of sulfonamides is 1. The van der Waals surface area contributed by atoms with E-state index in [0.717, 1.165) is 18.2 Å². The molecule has 0 bridgehead atoms. The number of hydrogen-bond donors (Lipinski definition) is 4. The van der Waals surface area contributed by atoms with Crippen molar-refractivity contribution in [1.29, 1.82) is 0 Å². The zero-order valence-corrected chi connectivity index (χ0v) is 17.0. The normalized spacial score (nSPS) is 14.1. The molecular formula is C13H18BrF2N2O6PS. The lowest BCUT2D eigenvalue weighted by Crippen LogP contribution is -2.33. The fraction of sp³-hybridized carbons (Fsp3) is 0.462. The Morgan fingerprint density at radius 2 is 1.96 bits per heavy atom. The van der Waals surface area contributed by atoms with Gasteiger partial charge in [-0.05, 0) is 18.6 Å². The van der Waals surface area contributed by atoms with Crippen LogP contribution in [0.3, 0.4) is 0 Å². The maximum Gasteiger partial charge on any atom is 0.399 e. The van der Waals surface area contributed by atoms with Crippen molar-refractivity contribution in [1.82, 2.24) is 10.0 Å². The second kappa shape index (κ2) is 8.41. The van der Waals surface area contributed by atoms with Crippen LogP contribution >= 0.6 is 23.5 Å². The molecule has 0 aliphatic heterocycles. The molecule has 13 heteroatoms. The van der Waals surface area contributed by atoms with E-state index in [1.54, 1.807) is 0 Å². The average molecular weight is 479 g/mol. The van der Waals surface area contributed by atoms with E-state index in [1.165, 1.54) is 14.0 Å². The number of carbonyl (C=O) groups is 1. The second-order valence-corrected chi connectivity index (χ2v) is 9.82. The SMILES string of the molecule is CCS(=O)(=O)NC(CC(=O)NC)c1ccc(C(F)(F)P(=O)(O)O)c(Br)c1. The molecule has 1 rings (SSSR count). The van der Waals surface area contributed by atoms with E-state index in [1.807, 2.05) is 0 Å². The molecule has 0 fully saturated rings. The van der Waals surface area contributed by atoms with Crippen molar-refractivity contribution >= 4 is 39.5 Å². The molecule has 0 aliphatic carbocycles. The van der Waals surface area contributed by atoms with Crippen LogP contribution in [0.2, 0.25) is 0 Å². The molecule has 1 aromatic rings. The first-order valence-electron chi connectivity index (χ1n) is 7.19. The first-order chi connectivity index (χ1) is 11.7. The van der Waals surface area contributed by atoms with Gasteiger partial charge in [0.2, 0.25) is 15.9 Å². The number of alkyl halides is 2. The van der Waals surface area contributed by atoms with Crippen molar-refractivity contribution in [3.63, 3.8) is 0 Å². The molecule has 148 valence electrons. The van der Waals surface area contributed by atoms with Crippen LogP contribution in [-0.2, 0) is 25.0 Å². The van der Waals surface area contributed by atoms with E-state index in [0.29, 0.717) is 0 Å². The predicted molar refractivity (Wildman–Crippen MR) is 94.1 cm³/mol. The number of hydrogen-bond acceptors (Lipinski definition) is 4. The highest BCUT2D eigenvalue weighted by Gasteiger charge is 2.51. The van der Waals surface area contributed by atoms with Gasteiger partial charge in [-0.1, -0.05) is 28.1 Å². The third-order valence-corrected chi connectivity index (χ3v) is 6.49. The molecular weight excluding hydrogens is 461 g/mol. The van der Waals surface area contributed by atoms with E-state index < -0.39 is 40.8 Å².